The molecule has 3 heteroatoms. The Morgan fingerprint density at radius 2 is 2.38 bits per heavy atom. The van der Waals surface area contributed by atoms with Crippen molar-refractivity contribution >= 4 is 0 Å². The zero-order valence-corrected chi connectivity index (χ0v) is 8.75. The molecule has 0 aliphatic carbocycles. The van der Waals surface area contributed by atoms with Crippen LogP contribution in [0.1, 0.15) is 25.8 Å². The Labute approximate surface area is 80.1 Å². The molecule has 0 radical (unpaired) electrons. The van der Waals surface area contributed by atoms with Crippen molar-refractivity contribution in [3.05, 3.63) is 18.0 Å². The number of rotatable bonds is 5. The van der Waals surface area contributed by atoms with Crippen LogP contribution >= 0.6 is 0 Å². The first-order valence-electron chi connectivity index (χ1n) is 4.90. The lowest BCUT2D eigenvalue weighted by atomic mass is 10.1. The van der Waals surface area contributed by atoms with Crippen molar-refractivity contribution in [1.82, 2.24) is 15.1 Å². The van der Waals surface area contributed by atoms with Gasteiger partial charge in [0.05, 0.1) is 6.20 Å². The van der Waals surface area contributed by atoms with E-state index in [2.05, 4.69) is 24.3 Å². The fourth-order valence-electron chi connectivity index (χ4n) is 1.17. The number of hydrogen-bond acceptors (Lipinski definition) is 2. The predicted octanol–water partition coefficient (Wildman–Crippen LogP) is 1.56. The normalized spacial score (nSPS) is 13.2. The zero-order valence-electron chi connectivity index (χ0n) is 8.75. The van der Waals surface area contributed by atoms with Gasteiger partial charge < -0.3 is 5.32 Å². The molecule has 0 fully saturated rings. The summed E-state index contributed by atoms with van der Waals surface area (Å²) in [5.41, 5.74) is 1.26. The third-order valence-electron chi connectivity index (χ3n) is 2.28. The Morgan fingerprint density at radius 1 is 1.62 bits per heavy atom. The third kappa shape index (κ3) is 3.59. The molecule has 0 aliphatic rings. The van der Waals surface area contributed by atoms with Crippen LogP contribution in [0.3, 0.4) is 0 Å². The van der Waals surface area contributed by atoms with Crippen LogP contribution in [-0.2, 0) is 13.6 Å². The average Bonchev–Trinajstić information content (AvgIpc) is 2.51. The second-order valence-corrected chi connectivity index (χ2v) is 3.67. The van der Waals surface area contributed by atoms with E-state index in [-0.39, 0.29) is 0 Å². The second-order valence-electron chi connectivity index (χ2n) is 3.67. The molecule has 0 aromatic carbocycles. The highest BCUT2D eigenvalue weighted by atomic mass is 15.2. The van der Waals surface area contributed by atoms with Gasteiger partial charge in [0.15, 0.2) is 0 Å². The first kappa shape index (κ1) is 10.3. The standard InChI is InChI=1S/C10H19N3/c1-4-9(2)5-11-6-10-7-12-13(3)8-10/h7-9,11H,4-6H2,1-3H3. The van der Waals surface area contributed by atoms with E-state index in [4.69, 9.17) is 0 Å². The van der Waals surface area contributed by atoms with Crippen molar-refractivity contribution in [2.45, 2.75) is 26.8 Å². The maximum atomic E-state index is 4.11. The van der Waals surface area contributed by atoms with Gasteiger partial charge in [-0.15, -0.1) is 0 Å². The van der Waals surface area contributed by atoms with Crippen LogP contribution in [0.15, 0.2) is 12.4 Å². The summed E-state index contributed by atoms with van der Waals surface area (Å²) in [5.74, 6) is 0.761. The Balaban J connectivity index is 2.20. The van der Waals surface area contributed by atoms with E-state index in [1.165, 1.54) is 12.0 Å². The maximum Gasteiger partial charge on any atom is 0.0534 e. The van der Waals surface area contributed by atoms with Crippen LogP contribution < -0.4 is 5.32 Å². The summed E-state index contributed by atoms with van der Waals surface area (Å²) in [7, 11) is 1.94. The zero-order chi connectivity index (χ0) is 9.68. The van der Waals surface area contributed by atoms with Crippen LogP contribution in [0.2, 0.25) is 0 Å². The minimum Gasteiger partial charge on any atom is -0.312 e. The summed E-state index contributed by atoms with van der Waals surface area (Å²) in [6, 6.07) is 0. The van der Waals surface area contributed by atoms with Gasteiger partial charge in [-0.2, -0.15) is 5.10 Å². The van der Waals surface area contributed by atoms with Crippen molar-refractivity contribution in [3.63, 3.8) is 0 Å². The second kappa shape index (κ2) is 5.02. The van der Waals surface area contributed by atoms with E-state index < -0.39 is 0 Å². The largest absolute Gasteiger partial charge is 0.312 e. The summed E-state index contributed by atoms with van der Waals surface area (Å²) in [6.45, 7) is 6.50. The molecule has 13 heavy (non-hydrogen) atoms. The minimum absolute atomic E-state index is 0.761. The molecule has 1 aromatic heterocycles. The van der Waals surface area contributed by atoms with E-state index in [1.54, 1.807) is 0 Å². The number of nitrogens with zero attached hydrogens (tertiary/aromatic N) is 2. The smallest absolute Gasteiger partial charge is 0.0534 e. The van der Waals surface area contributed by atoms with Crippen LogP contribution in [-0.4, -0.2) is 16.3 Å². The number of hydrogen-bond donors (Lipinski definition) is 1. The quantitative estimate of drug-likeness (QED) is 0.747. The Kier molecular flexibility index (Phi) is 3.96. The van der Waals surface area contributed by atoms with Gasteiger partial charge in [-0.05, 0) is 12.5 Å². The average molecular weight is 181 g/mol. The lowest BCUT2D eigenvalue weighted by molar-refractivity contribution is 0.500. The Bertz CT molecular complexity index is 242. The molecular formula is C10H19N3. The van der Waals surface area contributed by atoms with Crippen LogP contribution in [0.4, 0.5) is 0 Å². The number of aryl methyl sites for hydroxylation is 1. The lowest BCUT2D eigenvalue weighted by Gasteiger charge is -2.08. The number of nitrogens with one attached hydrogen (secondary N) is 1. The van der Waals surface area contributed by atoms with Crippen LogP contribution in [0.5, 0.6) is 0 Å². The van der Waals surface area contributed by atoms with Crippen molar-refractivity contribution < 1.29 is 0 Å². The van der Waals surface area contributed by atoms with Crippen molar-refractivity contribution in [1.29, 1.82) is 0 Å². The fourth-order valence-corrected chi connectivity index (χ4v) is 1.17. The Hall–Kier alpha value is -0.830. The van der Waals surface area contributed by atoms with Gasteiger partial charge in [-0.1, -0.05) is 20.3 Å². The summed E-state index contributed by atoms with van der Waals surface area (Å²) in [6.07, 6.45) is 5.19. The fraction of sp³-hybridized carbons (Fsp3) is 0.700. The van der Waals surface area contributed by atoms with E-state index in [0.717, 1.165) is 19.0 Å². The predicted molar refractivity (Wildman–Crippen MR) is 54.4 cm³/mol. The SMILES string of the molecule is CCC(C)CNCc1cnn(C)c1. The topological polar surface area (TPSA) is 29.9 Å². The van der Waals surface area contributed by atoms with E-state index in [1.807, 2.05) is 24.1 Å². The highest BCUT2D eigenvalue weighted by molar-refractivity contribution is 5.02. The van der Waals surface area contributed by atoms with Crippen molar-refractivity contribution in [2.75, 3.05) is 6.54 Å². The molecule has 0 aliphatic heterocycles. The molecule has 3 nitrogen and oxygen atoms in total. The van der Waals surface area contributed by atoms with Crippen LogP contribution in [0.25, 0.3) is 0 Å². The molecule has 74 valence electrons. The van der Waals surface area contributed by atoms with Gasteiger partial charge in [0.2, 0.25) is 0 Å². The van der Waals surface area contributed by atoms with Crippen LogP contribution in [0, 0.1) is 5.92 Å². The summed E-state index contributed by atoms with van der Waals surface area (Å²) >= 11 is 0. The molecular weight excluding hydrogens is 162 g/mol. The third-order valence-corrected chi connectivity index (χ3v) is 2.28. The van der Waals surface area contributed by atoms with Gasteiger partial charge in [0, 0.05) is 25.4 Å². The molecule has 0 saturated carbocycles. The lowest BCUT2D eigenvalue weighted by Crippen LogP contribution is -2.19. The van der Waals surface area contributed by atoms with Gasteiger partial charge in [0.25, 0.3) is 0 Å². The van der Waals surface area contributed by atoms with Gasteiger partial charge in [-0.3, -0.25) is 4.68 Å². The highest BCUT2D eigenvalue weighted by Crippen LogP contribution is 1.99. The van der Waals surface area contributed by atoms with Gasteiger partial charge >= 0.3 is 0 Å². The molecule has 1 heterocycles. The molecule has 1 atom stereocenters. The van der Waals surface area contributed by atoms with Gasteiger partial charge in [-0.25, -0.2) is 0 Å². The number of aromatic nitrogens is 2. The first-order valence-corrected chi connectivity index (χ1v) is 4.90. The summed E-state index contributed by atoms with van der Waals surface area (Å²) < 4.78 is 1.83. The monoisotopic (exact) mass is 181 g/mol. The van der Waals surface area contributed by atoms with E-state index in [9.17, 15) is 0 Å². The van der Waals surface area contributed by atoms with Gasteiger partial charge in [0.1, 0.15) is 0 Å². The first-order chi connectivity index (χ1) is 6.22. The summed E-state index contributed by atoms with van der Waals surface area (Å²) in [5, 5.41) is 7.52. The summed E-state index contributed by atoms with van der Waals surface area (Å²) in [4.78, 5) is 0. The van der Waals surface area contributed by atoms with Crippen molar-refractivity contribution in [2.24, 2.45) is 13.0 Å². The molecule has 0 amide bonds. The molecule has 1 unspecified atom stereocenters. The molecule has 1 N–H and O–H groups in total. The Morgan fingerprint density at radius 3 is 2.92 bits per heavy atom. The molecule has 1 aromatic rings. The molecule has 1 rings (SSSR count). The van der Waals surface area contributed by atoms with E-state index in [0.29, 0.717) is 0 Å². The molecule has 0 spiro atoms. The highest BCUT2D eigenvalue weighted by Gasteiger charge is 1.98. The molecule has 0 saturated heterocycles. The van der Waals surface area contributed by atoms with Crippen molar-refractivity contribution in [3.8, 4) is 0 Å². The minimum atomic E-state index is 0.761. The van der Waals surface area contributed by atoms with E-state index >= 15 is 0 Å². The maximum absolute atomic E-state index is 4.11. The molecule has 0 bridgehead atoms.